The minimum Gasteiger partial charge on any atom is -0.484 e. The first-order valence-corrected chi connectivity index (χ1v) is 8.22. The summed E-state index contributed by atoms with van der Waals surface area (Å²) in [4.78, 5) is 12.0. The molecule has 2 aromatic carbocycles. The van der Waals surface area contributed by atoms with Crippen LogP contribution < -0.4 is 10.1 Å². The van der Waals surface area contributed by atoms with Gasteiger partial charge < -0.3 is 10.1 Å². The maximum Gasteiger partial charge on any atom is 0.258 e. The first kappa shape index (κ1) is 16.9. The van der Waals surface area contributed by atoms with Gasteiger partial charge in [0.05, 0.1) is 6.54 Å². The number of hydrogen-bond acceptors (Lipinski definition) is 4. The summed E-state index contributed by atoms with van der Waals surface area (Å²) in [6.45, 7) is 2.20. The number of carbonyl (C=O) groups is 1. The van der Waals surface area contributed by atoms with Gasteiger partial charge in [-0.05, 0) is 49.0 Å². The van der Waals surface area contributed by atoms with Crippen LogP contribution in [0.25, 0.3) is 5.69 Å². The number of aromatic nitrogens is 3. The van der Waals surface area contributed by atoms with Gasteiger partial charge in [0.15, 0.2) is 17.2 Å². The number of nitrogens with zero attached hydrogens (tertiary/aromatic N) is 2. The van der Waals surface area contributed by atoms with Gasteiger partial charge in [0, 0.05) is 5.69 Å². The van der Waals surface area contributed by atoms with Crippen LogP contribution in [0.2, 0.25) is 0 Å². The summed E-state index contributed by atoms with van der Waals surface area (Å²) in [5.41, 5.74) is 2.02. The second kappa shape index (κ2) is 7.76. The molecule has 3 rings (SSSR count). The van der Waals surface area contributed by atoms with E-state index in [9.17, 15) is 4.79 Å². The average molecular weight is 354 g/mol. The standard InChI is InChI=1S/C18H18N4O2S/c1-13-6-5-7-14(10-13)22-16(20-21-18(22)25)11-19-17(23)12-24-15-8-3-2-4-9-15/h2-10H,11-12H2,1H3,(H,19,23)(H,21,25). The number of ether oxygens (including phenoxy) is 1. The fourth-order valence-electron chi connectivity index (χ4n) is 2.38. The highest BCUT2D eigenvalue weighted by Gasteiger charge is 2.10. The van der Waals surface area contributed by atoms with Crippen LogP contribution in [-0.4, -0.2) is 27.3 Å². The molecule has 128 valence electrons. The van der Waals surface area contributed by atoms with E-state index in [2.05, 4.69) is 15.5 Å². The van der Waals surface area contributed by atoms with Gasteiger partial charge in [-0.2, -0.15) is 5.10 Å². The first-order valence-electron chi connectivity index (χ1n) is 7.81. The third-order valence-corrected chi connectivity index (χ3v) is 3.83. The maximum atomic E-state index is 12.0. The van der Waals surface area contributed by atoms with Gasteiger partial charge in [-0.1, -0.05) is 30.3 Å². The summed E-state index contributed by atoms with van der Waals surface area (Å²) in [5.74, 6) is 1.05. The molecule has 6 nitrogen and oxygen atoms in total. The molecule has 0 saturated carbocycles. The van der Waals surface area contributed by atoms with Crippen LogP contribution in [0.1, 0.15) is 11.4 Å². The third kappa shape index (κ3) is 4.33. The van der Waals surface area contributed by atoms with Crippen molar-refractivity contribution in [2.45, 2.75) is 13.5 Å². The number of nitrogens with one attached hydrogen (secondary N) is 2. The summed E-state index contributed by atoms with van der Waals surface area (Å²) < 4.78 is 7.71. The number of hydrogen-bond donors (Lipinski definition) is 2. The number of aromatic amines is 1. The van der Waals surface area contributed by atoms with Crippen molar-refractivity contribution in [2.24, 2.45) is 0 Å². The highest BCUT2D eigenvalue weighted by atomic mass is 32.1. The van der Waals surface area contributed by atoms with E-state index in [1.54, 1.807) is 16.7 Å². The Morgan fingerprint density at radius 2 is 2.04 bits per heavy atom. The summed E-state index contributed by atoms with van der Waals surface area (Å²) in [7, 11) is 0. The Hall–Kier alpha value is -2.93. The Morgan fingerprint density at radius 3 is 2.80 bits per heavy atom. The van der Waals surface area contributed by atoms with E-state index in [-0.39, 0.29) is 19.1 Å². The fraction of sp³-hybridized carbons (Fsp3) is 0.167. The van der Waals surface area contributed by atoms with Crippen LogP contribution in [-0.2, 0) is 11.3 Å². The zero-order valence-corrected chi connectivity index (χ0v) is 14.5. The number of amides is 1. The molecule has 2 N–H and O–H groups in total. The van der Waals surface area contributed by atoms with Crippen molar-refractivity contribution in [3.05, 3.63) is 70.8 Å². The molecular formula is C18H18N4O2S. The van der Waals surface area contributed by atoms with Gasteiger partial charge in [0.2, 0.25) is 0 Å². The molecule has 0 aliphatic rings. The summed E-state index contributed by atoms with van der Waals surface area (Å²) >= 11 is 5.30. The van der Waals surface area contributed by atoms with Crippen LogP contribution in [0.5, 0.6) is 5.75 Å². The highest BCUT2D eigenvalue weighted by Crippen LogP contribution is 2.13. The molecule has 0 radical (unpaired) electrons. The first-order chi connectivity index (χ1) is 12.1. The molecule has 0 spiro atoms. The Morgan fingerprint density at radius 1 is 1.24 bits per heavy atom. The number of aryl methyl sites for hydroxylation is 1. The zero-order chi connectivity index (χ0) is 17.6. The van der Waals surface area contributed by atoms with E-state index in [4.69, 9.17) is 17.0 Å². The Kier molecular flexibility index (Phi) is 5.25. The normalized spacial score (nSPS) is 10.4. The molecule has 0 aliphatic heterocycles. The van der Waals surface area contributed by atoms with Gasteiger partial charge in [0.1, 0.15) is 5.75 Å². The van der Waals surface area contributed by atoms with Crippen LogP contribution in [0.3, 0.4) is 0 Å². The lowest BCUT2D eigenvalue weighted by Crippen LogP contribution is -2.29. The molecule has 25 heavy (non-hydrogen) atoms. The highest BCUT2D eigenvalue weighted by molar-refractivity contribution is 7.71. The third-order valence-electron chi connectivity index (χ3n) is 3.56. The van der Waals surface area contributed by atoms with Crippen molar-refractivity contribution in [2.75, 3.05) is 6.61 Å². The Labute approximate surface area is 150 Å². The smallest absolute Gasteiger partial charge is 0.258 e. The predicted molar refractivity (Wildman–Crippen MR) is 97.3 cm³/mol. The van der Waals surface area contributed by atoms with Crippen LogP contribution in [0.4, 0.5) is 0 Å². The molecule has 1 heterocycles. The topological polar surface area (TPSA) is 71.9 Å². The van der Waals surface area contributed by atoms with E-state index < -0.39 is 0 Å². The molecule has 0 unspecified atom stereocenters. The van der Waals surface area contributed by atoms with Crippen LogP contribution in [0.15, 0.2) is 54.6 Å². The second-order valence-electron chi connectivity index (χ2n) is 5.50. The molecule has 0 fully saturated rings. The van der Waals surface area contributed by atoms with Gasteiger partial charge in [-0.15, -0.1) is 0 Å². The molecule has 0 saturated heterocycles. The Balaban J connectivity index is 1.64. The molecule has 1 amide bonds. The average Bonchev–Trinajstić information content (AvgIpc) is 2.99. The van der Waals surface area contributed by atoms with E-state index in [1.165, 1.54) is 0 Å². The molecule has 7 heteroatoms. The molecule has 3 aromatic rings. The molecule has 0 aliphatic carbocycles. The number of carbonyl (C=O) groups excluding carboxylic acids is 1. The van der Waals surface area contributed by atoms with Gasteiger partial charge >= 0.3 is 0 Å². The van der Waals surface area contributed by atoms with Crippen molar-refractivity contribution in [1.82, 2.24) is 20.1 Å². The van der Waals surface area contributed by atoms with Gasteiger partial charge in [-0.25, -0.2) is 0 Å². The van der Waals surface area contributed by atoms with Crippen molar-refractivity contribution < 1.29 is 9.53 Å². The van der Waals surface area contributed by atoms with E-state index in [0.29, 0.717) is 16.3 Å². The number of benzene rings is 2. The van der Waals surface area contributed by atoms with Crippen LogP contribution in [0, 0.1) is 11.7 Å². The predicted octanol–water partition coefficient (Wildman–Crippen LogP) is 2.93. The quantitative estimate of drug-likeness (QED) is 0.668. The van der Waals surface area contributed by atoms with E-state index >= 15 is 0 Å². The van der Waals surface area contributed by atoms with Crippen molar-refractivity contribution in [1.29, 1.82) is 0 Å². The second-order valence-corrected chi connectivity index (χ2v) is 5.88. The lowest BCUT2D eigenvalue weighted by Gasteiger charge is -2.09. The number of rotatable bonds is 6. The Bertz CT molecular complexity index is 918. The largest absolute Gasteiger partial charge is 0.484 e. The minimum absolute atomic E-state index is 0.0559. The van der Waals surface area contributed by atoms with Crippen molar-refractivity contribution in [3.63, 3.8) is 0 Å². The molecule has 0 atom stereocenters. The summed E-state index contributed by atoms with van der Waals surface area (Å²) in [5, 5.41) is 9.77. The molecule has 0 bridgehead atoms. The van der Waals surface area contributed by atoms with Gasteiger partial charge in [0.25, 0.3) is 5.91 Å². The van der Waals surface area contributed by atoms with E-state index in [0.717, 1.165) is 11.3 Å². The van der Waals surface area contributed by atoms with Crippen molar-refractivity contribution in [3.8, 4) is 11.4 Å². The molecular weight excluding hydrogens is 336 g/mol. The van der Waals surface area contributed by atoms with E-state index in [1.807, 2.05) is 49.4 Å². The van der Waals surface area contributed by atoms with Crippen molar-refractivity contribution >= 4 is 18.1 Å². The number of para-hydroxylation sites is 1. The summed E-state index contributed by atoms with van der Waals surface area (Å²) in [6, 6.07) is 17.1. The lowest BCUT2D eigenvalue weighted by molar-refractivity contribution is -0.123. The minimum atomic E-state index is -0.228. The summed E-state index contributed by atoms with van der Waals surface area (Å²) in [6.07, 6.45) is 0. The molecule has 1 aromatic heterocycles. The fourth-order valence-corrected chi connectivity index (χ4v) is 2.63. The SMILES string of the molecule is Cc1cccc(-n2c(CNC(=O)COc3ccccc3)n[nH]c2=S)c1. The van der Waals surface area contributed by atoms with Crippen LogP contribution >= 0.6 is 12.2 Å². The maximum absolute atomic E-state index is 12.0. The monoisotopic (exact) mass is 354 g/mol. The lowest BCUT2D eigenvalue weighted by atomic mass is 10.2. The van der Waals surface area contributed by atoms with Gasteiger partial charge in [-0.3, -0.25) is 14.5 Å². The number of H-pyrrole nitrogens is 1. The zero-order valence-electron chi connectivity index (χ0n) is 13.7.